The first kappa shape index (κ1) is 13.9. The van der Waals surface area contributed by atoms with Gasteiger partial charge >= 0.3 is 7.12 Å². The smallest absolute Gasteiger partial charge is 0.498 e. The van der Waals surface area contributed by atoms with Gasteiger partial charge in [0, 0.05) is 5.46 Å². The Balaban J connectivity index is 2.28. The van der Waals surface area contributed by atoms with E-state index in [4.69, 9.17) is 14.6 Å². The molecule has 0 spiro atoms. The Morgan fingerprint density at radius 1 is 1.21 bits per heavy atom. The molecule has 2 rings (SSSR count). The second-order valence-corrected chi connectivity index (χ2v) is 5.82. The minimum absolute atomic E-state index is 0.103. The Hall–Kier alpha value is -1.51. The molecule has 4 nitrogen and oxygen atoms in total. The molecule has 1 heterocycles. The number of hydrogen-bond acceptors (Lipinski definition) is 4. The molecule has 19 heavy (non-hydrogen) atoms. The van der Waals surface area contributed by atoms with Crippen LogP contribution in [0.15, 0.2) is 18.2 Å². The molecule has 0 atom stereocenters. The minimum Gasteiger partial charge on any atom is -0.508 e. The van der Waals surface area contributed by atoms with Crippen molar-refractivity contribution in [3.8, 4) is 11.8 Å². The van der Waals surface area contributed by atoms with E-state index in [1.165, 1.54) is 0 Å². The average Bonchev–Trinajstić information content (AvgIpc) is 2.48. The molecule has 0 aliphatic carbocycles. The van der Waals surface area contributed by atoms with E-state index in [-0.39, 0.29) is 12.2 Å². The molecule has 1 saturated heterocycles. The van der Waals surface area contributed by atoms with Gasteiger partial charge in [0.15, 0.2) is 0 Å². The van der Waals surface area contributed by atoms with Crippen molar-refractivity contribution in [2.45, 2.75) is 45.3 Å². The Labute approximate surface area is 114 Å². The largest absolute Gasteiger partial charge is 0.508 e. The lowest BCUT2D eigenvalue weighted by atomic mass is 9.78. The first-order valence-electron chi connectivity index (χ1n) is 6.31. The van der Waals surface area contributed by atoms with Gasteiger partial charge in [-0.3, -0.25) is 0 Å². The van der Waals surface area contributed by atoms with Crippen molar-refractivity contribution in [2.75, 3.05) is 0 Å². The van der Waals surface area contributed by atoms with Gasteiger partial charge in [-0.2, -0.15) is 5.26 Å². The van der Waals surface area contributed by atoms with Crippen LogP contribution in [0.25, 0.3) is 0 Å². The van der Waals surface area contributed by atoms with Gasteiger partial charge in [-0.1, -0.05) is 12.1 Å². The van der Waals surface area contributed by atoms with Crippen LogP contribution in [0, 0.1) is 11.3 Å². The van der Waals surface area contributed by atoms with Crippen molar-refractivity contribution < 1.29 is 14.4 Å². The molecule has 1 aliphatic heterocycles. The quantitative estimate of drug-likeness (QED) is 0.822. The second-order valence-electron chi connectivity index (χ2n) is 5.82. The summed E-state index contributed by atoms with van der Waals surface area (Å²) in [7, 11) is -0.582. The van der Waals surface area contributed by atoms with Gasteiger partial charge in [-0.25, -0.2) is 0 Å². The van der Waals surface area contributed by atoms with E-state index in [9.17, 15) is 5.11 Å². The second kappa shape index (κ2) is 4.55. The molecular weight excluding hydrogens is 241 g/mol. The number of hydrogen-bond donors (Lipinski definition) is 1. The van der Waals surface area contributed by atoms with Gasteiger partial charge in [0.25, 0.3) is 0 Å². The third kappa shape index (κ3) is 2.47. The van der Waals surface area contributed by atoms with Crippen LogP contribution in [0.5, 0.6) is 5.75 Å². The van der Waals surface area contributed by atoms with Crippen molar-refractivity contribution in [1.29, 1.82) is 5.26 Å². The molecule has 0 saturated carbocycles. The number of phenolic OH excluding ortho intramolecular Hbond substituents is 1. The average molecular weight is 259 g/mol. The van der Waals surface area contributed by atoms with Gasteiger partial charge in [0.05, 0.1) is 23.7 Å². The minimum atomic E-state index is -0.582. The number of phenols is 1. The fourth-order valence-electron chi connectivity index (χ4n) is 1.96. The summed E-state index contributed by atoms with van der Waals surface area (Å²) in [4.78, 5) is 0. The van der Waals surface area contributed by atoms with Crippen molar-refractivity contribution in [3.63, 3.8) is 0 Å². The highest BCUT2D eigenvalue weighted by Crippen LogP contribution is 2.37. The van der Waals surface area contributed by atoms with E-state index in [0.29, 0.717) is 5.46 Å². The number of aromatic hydroxyl groups is 1. The number of rotatable bonds is 2. The zero-order valence-corrected chi connectivity index (χ0v) is 11.7. The Bertz CT molecular complexity index is 518. The number of benzene rings is 1. The van der Waals surface area contributed by atoms with Crippen LogP contribution in [0.3, 0.4) is 0 Å². The van der Waals surface area contributed by atoms with Crippen LogP contribution in [0.1, 0.15) is 33.3 Å². The molecule has 0 unspecified atom stereocenters. The van der Waals surface area contributed by atoms with E-state index >= 15 is 0 Å². The topological polar surface area (TPSA) is 62.5 Å². The lowest BCUT2D eigenvalue weighted by Crippen LogP contribution is -2.41. The molecule has 1 fully saturated rings. The van der Waals surface area contributed by atoms with Crippen LogP contribution < -0.4 is 5.46 Å². The Kier molecular flexibility index (Phi) is 3.33. The summed E-state index contributed by atoms with van der Waals surface area (Å²) in [5.74, 6) is 0.103. The van der Waals surface area contributed by atoms with Gasteiger partial charge in [-0.15, -0.1) is 0 Å². The normalized spacial score (nSPS) is 20.3. The molecule has 0 amide bonds. The third-order valence-electron chi connectivity index (χ3n) is 3.89. The zero-order chi connectivity index (χ0) is 14.3. The molecule has 0 radical (unpaired) electrons. The Morgan fingerprint density at radius 2 is 1.79 bits per heavy atom. The van der Waals surface area contributed by atoms with E-state index in [1.54, 1.807) is 12.1 Å². The maximum Gasteiger partial charge on any atom is 0.498 e. The Morgan fingerprint density at radius 3 is 2.26 bits per heavy atom. The first-order valence-corrected chi connectivity index (χ1v) is 6.31. The zero-order valence-electron chi connectivity index (χ0n) is 11.7. The molecule has 1 aromatic carbocycles. The highest BCUT2D eigenvalue weighted by Gasteiger charge is 2.52. The summed E-state index contributed by atoms with van der Waals surface area (Å²) >= 11 is 0. The molecule has 1 aromatic rings. The maximum atomic E-state index is 10.0. The molecule has 100 valence electrons. The first-order chi connectivity index (χ1) is 8.77. The summed E-state index contributed by atoms with van der Waals surface area (Å²) in [5, 5.41) is 18.7. The highest BCUT2D eigenvalue weighted by molar-refractivity contribution is 6.63. The maximum absolute atomic E-state index is 10.0. The predicted molar refractivity (Wildman–Crippen MR) is 73.1 cm³/mol. The highest BCUT2D eigenvalue weighted by atomic mass is 16.7. The fraction of sp³-hybridized carbons (Fsp3) is 0.500. The van der Waals surface area contributed by atoms with E-state index < -0.39 is 18.3 Å². The van der Waals surface area contributed by atoms with Crippen LogP contribution in [-0.4, -0.2) is 23.4 Å². The fourth-order valence-corrected chi connectivity index (χ4v) is 1.96. The van der Waals surface area contributed by atoms with Gasteiger partial charge in [0.2, 0.25) is 0 Å². The van der Waals surface area contributed by atoms with Crippen molar-refractivity contribution in [3.05, 3.63) is 23.8 Å². The van der Waals surface area contributed by atoms with Crippen LogP contribution in [0.4, 0.5) is 0 Å². The number of nitrogens with zero attached hydrogens (tertiary/aromatic N) is 1. The van der Waals surface area contributed by atoms with Gasteiger partial charge in [-0.05, 0) is 39.3 Å². The lowest BCUT2D eigenvalue weighted by molar-refractivity contribution is 0.00578. The molecule has 0 aromatic heterocycles. The third-order valence-corrected chi connectivity index (χ3v) is 3.89. The van der Waals surface area contributed by atoms with Crippen molar-refractivity contribution in [2.24, 2.45) is 0 Å². The van der Waals surface area contributed by atoms with E-state index in [2.05, 4.69) is 6.07 Å². The SMILES string of the molecule is CC1(C)OB(c2ccc(CC#N)cc2O)OC1(C)C. The van der Waals surface area contributed by atoms with Crippen molar-refractivity contribution in [1.82, 2.24) is 0 Å². The van der Waals surface area contributed by atoms with Crippen LogP contribution in [0.2, 0.25) is 0 Å². The summed E-state index contributed by atoms with van der Waals surface area (Å²) in [6.07, 6.45) is 0.275. The monoisotopic (exact) mass is 259 g/mol. The molecule has 5 heteroatoms. The molecule has 1 aliphatic rings. The van der Waals surface area contributed by atoms with Crippen molar-refractivity contribution >= 4 is 12.6 Å². The number of nitriles is 1. The molecular formula is C14H18BNO3. The van der Waals surface area contributed by atoms with E-state index in [0.717, 1.165) is 5.56 Å². The summed E-state index contributed by atoms with van der Waals surface area (Å²) in [5.41, 5.74) is 0.505. The van der Waals surface area contributed by atoms with E-state index in [1.807, 2.05) is 33.8 Å². The summed E-state index contributed by atoms with van der Waals surface area (Å²) in [6, 6.07) is 7.20. The lowest BCUT2D eigenvalue weighted by Gasteiger charge is -2.32. The molecule has 0 bridgehead atoms. The van der Waals surface area contributed by atoms with Crippen LogP contribution in [-0.2, 0) is 15.7 Å². The van der Waals surface area contributed by atoms with Gasteiger partial charge in [0.1, 0.15) is 5.75 Å². The standard InChI is InChI=1S/C14H18BNO3/c1-13(2)14(3,4)19-15(18-13)11-6-5-10(7-8-16)9-12(11)17/h5-6,9,17H,7H2,1-4H3. The van der Waals surface area contributed by atoms with Crippen LogP contribution >= 0.6 is 0 Å². The summed E-state index contributed by atoms with van der Waals surface area (Å²) in [6.45, 7) is 7.87. The van der Waals surface area contributed by atoms with Gasteiger partial charge < -0.3 is 14.4 Å². The summed E-state index contributed by atoms with van der Waals surface area (Å²) < 4.78 is 11.8. The predicted octanol–water partition coefficient (Wildman–Crippen LogP) is 1.76. The molecule has 1 N–H and O–H groups in total.